The molecule has 3 rings (SSSR count). The van der Waals surface area contributed by atoms with Crippen molar-refractivity contribution in [3.05, 3.63) is 36.4 Å². The number of imide groups is 1. The summed E-state index contributed by atoms with van der Waals surface area (Å²) in [6.45, 7) is 2.13. The molecule has 0 spiro atoms. The van der Waals surface area contributed by atoms with Crippen LogP contribution in [-0.2, 0) is 14.4 Å². The topological polar surface area (TPSA) is 63.7 Å². The fourth-order valence-corrected chi connectivity index (χ4v) is 3.60. The quantitative estimate of drug-likeness (QED) is 0.244. The summed E-state index contributed by atoms with van der Waals surface area (Å²) in [6, 6.07) is 6.61. The van der Waals surface area contributed by atoms with E-state index in [0.29, 0.717) is 30.7 Å². The molecular formula is C21H25NO4. The van der Waals surface area contributed by atoms with Gasteiger partial charge in [-0.1, -0.05) is 38.3 Å². The van der Waals surface area contributed by atoms with Gasteiger partial charge in [-0.15, -0.1) is 0 Å². The highest BCUT2D eigenvalue weighted by Crippen LogP contribution is 2.37. The van der Waals surface area contributed by atoms with Gasteiger partial charge in [0.05, 0.1) is 17.5 Å². The van der Waals surface area contributed by atoms with Gasteiger partial charge in [-0.25, -0.2) is 0 Å². The number of carbonyl (C=O) groups excluding carboxylic acids is 3. The van der Waals surface area contributed by atoms with Crippen LogP contribution < -0.4 is 9.64 Å². The Morgan fingerprint density at radius 2 is 1.62 bits per heavy atom. The molecule has 1 heterocycles. The number of rotatable bonds is 7. The van der Waals surface area contributed by atoms with Crippen LogP contribution in [0.4, 0.5) is 5.69 Å². The maximum absolute atomic E-state index is 12.6. The molecule has 5 heteroatoms. The summed E-state index contributed by atoms with van der Waals surface area (Å²) in [4.78, 5) is 38.3. The van der Waals surface area contributed by atoms with E-state index in [2.05, 4.69) is 6.92 Å². The highest BCUT2D eigenvalue weighted by atomic mass is 16.5. The summed E-state index contributed by atoms with van der Waals surface area (Å²) < 4.78 is 5.32. The molecule has 1 aromatic carbocycles. The van der Waals surface area contributed by atoms with Crippen molar-refractivity contribution in [3.63, 3.8) is 0 Å². The molecular weight excluding hydrogens is 330 g/mol. The number of fused-ring (bicyclic) bond motifs is 1. The van der Waals surface area contributed by atoms with Crippen molar-refractivity contribution >= 4 is 23.5 Å². The number of hydrogen-bond acceptors (Lipinski definition) is 4. The highest BCUT2D eigenvalue weighted by Gasteiger charge is 2.47. The van der Waals surface area contributed by atoms with Crippen LogP contribution in [0.3, 0.4) is 0 Å². The second-order valence-electron chi connectivity index (χ2n) is 6.95. The van der Waals surface area contributed by atoms with Gasteiger partial charge < -0.3 is 4.74 Å². The predicted molar refractivity (Wildman–Crippen MR) is 98.7 cm³/mol. The summed E-state index contributed by atoms with van der Waals surface area (Å²) in [7, 11) is 0. The molecule has 2 amide bonds. The molecule has 2 aliphatic rings. The molecule has 0 unspecified atom stereocenters. The van der Waals surface area contributed by atoms with Gasteiger partial charge in [0, 0.05) is 6.42 Å². The first-order valence-electron chi connectivity index (χ1n) is 9.45. The molecule has 1 saturated heterocycles. The number of hydrogen-bond donors (Lipinski definition) is 0. The van der Waals surface area contributed by atoms with E-state index in [1.165, 1.54) is 4.90 Å². The number of nitrogens with zero attached hydrogens (tertiary/aromatic N) is 1. The Hall–Kier alpha value is -2.43. The molecule has 2 atom stereocenters. The zero-order valence-electron chi connectivity index (χ0n) is 15.1. The fraction of sp³-hybridized carbons (Fsp3) is 0.476. The molecule has 1 aliphatic heterocycles. The molecule has 0 aromatic heterocycles. The van der Waals surface area contributed by atoms with E-state index in [9.17, 15) is 14.4 Å². The number of amides is 2. The Morgan fingerprint density at radius 3 is 2.19 bits per heavy atom. The zero-order valence-corrected chi connectivity index (χ0v) is 15.1. The zero-order chi connectivity index (χ0) is 18.5. The van der Waals surface area contributed by atoms with Crippen molar-refractivity contribution in [2.45, 2.75) is 51.9 Å². The van der Waals surface area contributed by atoms with Gasteiger partial charge in [-0.2, -0.15) is 0 Å². The third-order valence-electron chi connectivity index (χ3n) is 5.07. The van der Waals surface area contributed by atoms with Gasteiger partial charge in [-0.05, 0) is 43.5 Å². The molecule has 0 radical (unpaired) electrons. The Labute approximate surface area is 154 Å². The van der Waals surface area contributed by atoms with E-state index in [4.69, 9.17) is 4.74 Å². The summed E-state index contributed by atoms with van der Waals surface area (Å²) in [6.07, 6.45) is 9.71. The second kappa shape index (κ2) is 8.30. The second-order valence-corrected chi connectivity index (χ2v) is 6.95. The van der Waals surface area contributed by atoms with E-state index in [1.54, 1.807) is 24.3 Å². The average molecular weight is 355 g/mol. The minimum Gasteiger partial charge on any atom is -0.427 e. The summed E-state index contributed by atoms with van der Waals surface area (Å²) in [5, 5.41) is 0. The highest BCUT2D eigenvalue weighted by molar-refractivity contribution is 6.22. The lowest BCUT2D eigenvalue weighted by molar-refractivity contribution is -0.134. The van der Waals surface area contributed by atoms with Crippen LogP contribution >= 0.6 is 0 Å². The van der Waals surface area contributed by atoms with Gasteiger partial charge in [0.15, 0.2) is 0 Å². The van der Waals surface area contributed by atoms with Crippen molar-refractivity contribution in [1.29, 1.82) is 0 Å². The van der Waals surface area contributed by atoms with Crippen LogP contribution in [0.2, 0.25) is 0 Å². The molecule has 0 N–H and O–H groups in total. The summed E-state index contributed by atoms with van der Waals surface area (Å²) in [5.74, 6) is -0.567. The summed E-state index contributed by atoms with van der Waals surface area (Å²) in [5.41, 5.74) is 0.539. The van der Waals surface area contributed by atoms with Crippen molar-refractivity contribution in [1.82, 2.24) is 0 Å². The first-order valence-corrected chi connectivity index (χ1v) is 9.45. The Bertz CT molecular complexity index is 681. The monoisotopic (exact) mass is 355 g/mol. The molecule has 1 aromatic rings. The first kappa shape index (κ1) is 18.4. The largest absolute Gasteiger partial charge is 0.427 e. The number of carbonyl (C=O) groups is 3. The molecule has 1 aliphatic carbocycles. The Kier molecular flexibility index (Phi) is 5.86. The van der Waals surface area contributed by atoms with Gasteiger partial charge in [0.25, 0.3) is 0 Å². The van der Waals surface area contributed by atoms with Crippen molar-refractivity contribution in [2.75, 3.05) is 4.90 Å². The smallest absolute Gasteiger partial charge is 0.311 e. The number of benzene rings is 1. The predicted octanol–water partition coefficient (Wildman–Crippen LogP) is 4.02. The first-order chi connectivity index (χ1) is 12.6. The third-order valence-corrected chi connectivity index (χ3v) is 5.07. The van der Waals surface area contributed by atoms with E-state index in [-0.39, 0.29) is 29.6 Å². The lowest BCUT2D eigenvalue weighted by Crippen LogP contribution is -2.30. The van der Waals surface area contributed by atoms with Gasteiger partial charge in [0.1, 0.15) is 5.75 Å². The normalized spacial score (nSPS) is 21.8. The maximum Gasteiger partial charge on any atom is 0.311 e. The molecule has 138 valence electrons. The van der Waals surface area contributed by atoms with Crippen LogP contribution in [0.15, 0.2) is 36.4 Å². The number of esters is 1. The number of ether oxygens (including phenoxy) is 1. The Balaban J connectivity index is 1.60. The van der Waals surface area contributed by atoms with Crippen LogP contribution in [0.25, 0.3) is 0 Å². The lowest BCUT2D eigenvalue weighted by atomic mass is 9.85. The van der Waals surface area contributed by atoms with Gasteiger partial charge in [0.2, 0.25) is 11.8 Å². The third kappa shape index (κ3) is 3.87. The van der Waals surface area contributed by atoms with Crippen molar-refractivity contribution < 1.29 is 19.1 Å². The van der Waals surface area contributed by atoms with Crippen LogP contribution in [0, 0.1) is 11.8 Å². The maximum atomic E-state index is 12.6. The standard InChI is InChI=1S/C21H25NO4/c1-2-3-4-5-10-19(23)26-16-13-11-15(12-14-16)22-20(24)17-8-6-7-9-18(17)21(22)25/h6-7,11-14,17-18H,2-5,8-10H2,1H3/t17-,18+. The SMILES string of the molecule is CCCCCCC(=O)Oc1ccc(N2C(=O)[C@H]3CC=CC[C@H]3C2=O)cc1. The minimum absolute atomic E-state index is 0.134. The average Bonchev–Trinajstić information content (AvgIpc) is 2.91. The number of unbranched alkanes of at least 4 members (excludes halogenated alkanes) is 3. The minimum atomic E-state index is -0.251. The molecule has 5 nitrogen and oxygen atoms in total. The Morgan fingerprint density at radius 1 is 1.00 bits per heavy atom. The number of allylic oxidation sites excluding steroid dienone is 2. The lowest BCUT2D eigenvalue weighted by Gasteiger charge is -2.15. The van der Waals surface area contributed by atoms with Crippen LogP contribution in [0.1, 0.15) is 51.9 Å². The van der Waals surface area contributed by atoms with E-state index in [1.807, 2.05) is 12.2 Å². The fourth-order valence-electron chi connectivity index (χ4n) is 3.60. The number of anilines is 1. The molecule has 0 bridgehead atoms. The molecule has 26 heavy (non-hydrogen) atoms. The van der Waals surface area contributed by atoms with Gasteiger partial charge in [-0.3, -0.25) is 19.3 Å². The summed E-state index contributed by atoms with van der Waals surface area (Å²) >= 11 is 0. The van der Waals surface area contributed by atoms with Crippen LogP contribution in [0.5, 0.6) is 5.75 Å². The van der Waals surface area contributed by atoms with Crippen molar-refractivity contribution in [3.8, 4) is 5.75 Å². The van der Waals surface area contributed by atoms with E-state index < -0.39 is 0 Å². The van der Waals surface area contributed by atoms with Gasteiger partial charge >= 0.3 is 5.97 Å². The molecule has 1 fully saturated rings. The molecule has 0 saturated carbocycles. The van der Waals surface area contributed by atoms with E-state index >= 15 is 0 Å². The van der Waals surface area contributed by atoms with E-state index in [0.717, 1.165) is 25.7 Å². The van der Waals surface area contributed by atoms with Crippen molar-refractivity contribution in [2.24, 2.45) is 11.8 Å². The van der Waals surface area contributed by atoms with Crippen LogP contribution in [-0.4, -0.2) is 17.8 Å².